The molecule has 5 nitrogen and oxygen atoms in total. The summed E-state index contributed by atoms with van der Waals surface area (Å²) >= 11 is 5.63. The fraction of sp³-hybridized carbons (Fsp3) is 0.211. The van der Waals surface area contributed by atoms with Crippen LogP contribution in [0, 0.1) is 23.0 Å². The molecule has 126 valence electrons. The van der Waals surface area contributed by atoms with Gasteiger partial charge in [0.15, 0.2) is 5.82 Å². The van der Waals surface area contributed by atoms with Gasteiger partial charge in [-0.15, -0.1) is 0 Å². The van der Waals surface area contributed by atoms with Gasteiger partial charge in [0.1, 0.15) is 5.75 Å². The van der Waals surface area contributed by atoms with E-state index in [1.54, 1.807) is 11.8 Å². The van der Waals surface area contributed by atoms with E-state index in [0.29, 0.717) is 23.6 Å². The lowest BCUT2D eigenvalue weighted by Gasteiger charge is -2.10. The molecule has 0 N–H and O–H groups in total. The molecule has 0 spiro atoms. The summed E-state index contributed by atoms with van der Waals surface area (Å²) in [6.07, 6.45) is 0.352. The molecule has 0 aliphatic heterocycles. The SMILES string of the molecule is COc1ccccc1-c1nn(CCC#N)c(=S)n1-c1ccc(C)cc1. The number of aromatic nitrogens is 3. The van der Waals surface area contributed by atoms with E-state index < -0.39 is 0 Å². The van der Waals surface area contributed by atoms with E-state index in [1.807, 2.05) is 60.0 Å². The zero-order valence-corrected chi connectivity index (χ0v) is 15.0. The molecular formula is C19H18N4OS. The van der Waals surface area contributed by atoms with Crippen molar-refractivity contribution in [3.05, 3.63) is 58.9 Å². The van der Waals surface area contributed by atoms with Crippen molar-refractivity contribution in [3.8, 4) is 28.9 Å². The summed E-state index contributed by atoms with van der Waals surface area (Å²) in [5, 5.41) is 13.6. The minimum absolute atomic E-state index is 0.352. The molecule has 2 aromatic carbocycles. The minimum Gasteiger partial charge on any atom is -0.496 e. The van der Waals surface area contributed by atoms with Crippen LogP contribution in [0.5, 0.6) is 5.75 Å². The van der Waals surface area contributed by atoms with Crippen molar-refractivity contribution in [2.24, 2.45) is 0 Å². The van der Waals surface area contributed by atoms with Crippen LogP contribution in [0.2, 0.25) is 0 Å². The molecule has 1 heterocycles. The molecular weight excluding hydrogens is 332 g/mol. The second kappa shape index (κ2) is 7.32. The largest absolute Gasteiger partial charge is 0.496 e. The zero-order valence-electron chi connectivity index (χ0n) is 14.1. The van der Waals surface area contributed by atoms with Gasteiger partial charge in [0.2, 0.25) is 4.77 Å². The zero-order chi connectivity index (χ0) is 17.8. The van der Waals surface area contributed by atoms with Gasteiger partial charge in [0.25, 0.3) is 0 Å². The Bertz CT molecular complexity index is 980. The van der Waals surface area contributed by atoms with Crippen molar-refractivity contribution < 1.29 is 4.74 Å². The van der Waals surface area contributed by atoms with Crippen molar-refractivity contribution >= 4 is 12.2 Å². The highest BCUT2D eigenvalue weighted by atomic mass is 32.1. The lowest BCUT2D eigenvalue weighted by Crippen LogP contribution is -2.01. The molecule has 0 radical (unpaired) electrons. The van der Waals surface area contributed by atoms with Crippen molar-refractivity contribution in [1.29, 1.82) is 5.26 Å². The fourth-order valence-corrected chi connectivity index (χ4v) is 2.96. The second-order valence-corrected chi connectivity index (χ2v) is 5.97. The third kappa shape index (κ3) is 3.32. The number of para-hydroxylation sites is 1. The molecule has 0 atom stereocenters. The molecule has 0 bridgehead atoms. The summed E-state index contributed by atoms with van der Waals surface area (Å²) in [4.78, 5) is 0. The van der Waals surface area contributed by atoms with Crippen LogP contribution in [-0.2, 0) is 6.54 Å². The predicted molar refractivity (Wildman–Crippen MR) is 99.3 cm³/mol. The van der Waals surface area contributed by atoms with Crippen LogP contribution >= 0.6 is 12.2 Å². The summed E-state index contributed by atoms with van der Waals surface area (Å²) in [5.41, 5.74) is 2.96. The molecule has 0 amide bonds. The van der Waals surface area contributed by atoms with Crippen LogP contribution in [0.4, 0.5) is 0 Å². The molecule has 0 fully saturated rings. The highest BCUT2D eigenvalue weighted by Gasteiger charge is 2.17. The molecule has 0 aliphatic rings. The number of rotatable bonds is 5. The normalized spacial score (nSPS) is 10.4. The number of aryl methyl sites for hydroxylation is 2. The first-order valence-corrected chi connectivity index (χ1v) is 8.33. The number of ether oxygens (including phenoxy) is 1. The van der Waals surface area contributed by atoms with Crippen LogP contribution in [0.15, 0.2) is 48.5 Å². The van der Waals surface area contributed by atoms with Gasteiger partial charge in [-0.3, -0.25) is 4.57 Å². The van der Waals surface area contributed by atoms with Crippen molar-refractivity contribution in [2.45, 2.75) is 19.9 Å². The Hall–Kier alpha value is -2.91. The van der Waals surface area contributed by atoms with E-state index >= 15 is 0 Å². The number of nitriles is 1. The number of nitrogens with zero attached hydrogens (tertiary/aromatic N) is 4. The predicted octanol–water partition coefficient (Wildman–Crippen LogP) is 4.30. The first-order valence-electron chi connectivity index (χ1n) is 7.93. The highest BCUT2D eigenvalue weighted by molar-refractivity contribution is 7.71. The lowest BCUT2D eigenvalue weighted by molar-refractivity contribution is 0.416. The van der Waals surface area contributed by atoms with Crippen molar-refractivity contribution in [3.63, 3.8) is 0 Å². The average molecular weight is 350 g/mol. The summed E-state index contributed by atoms with van der Waals surface area (Å²) in [6.45, 7) is 2.50. The van der Waals surface area contributed by atoms with Gasteiger partial charge in [-0.05, 0) is 43.4 Å². The lowest BCUT2D eigenvalue weighted by atomic mass is 10.1. The summed E-state index contributed by atoms with van der Waals surface area (Å²) in [7, 11) is 1.64. The average Bonchev–Trinajstić information content (AvgIpc) is 2.97. The molecule has 3 aromatic rings. The van der Waals surface area contributed by atoms with E-state index in [9.17, 15) is 0 Å². The maximum absolute atomic E-state index is 8.89. The molecule has 0 unspecified atom stereocenters. The van der Waals surface area contributed by atoms with E-state index in [-0.39, 0.29) is 0 Å². The van der Waals surface area contributed by atoms with Gasteiger partial charge >= 0.3 is 0 Å². The molecule has 0 saturated heterocycles. The second-order valence-electron chi connectivity index (χ2n) is 5.61. The van der Waals surface area contributed by atoms with E-state index in [4.69, 9.17) is 22.2 Å². The highest BCUT2D eigenvalue weighted by Crippen LogP contribution is 2.30. The smallest absolute Gasteiger partial charge is 0.202 e. The third-order valence-corrected chi connectivity index (χ3v) is 4.31. The summed E-state index contributed by atoms with van der Waals surface area (Å²) in [5.74, 6) is 1.42. The Morgan fingerprint density at radius 3 is 2.56 bits per heavy atom. The Kier molecular flexibility index (Phi) is 4.96. The van der Waals surface area contributed by atoms with Gasteiger partial charge in [0, 0.05) is 5.69 Å². The molecule has 25 heavy (non-hydrogen) atoms. The topological polar surface area (TPSA) is 55.8 Å². The standard InChI is InChI=1S/C19H18N4OS/c1-14-8-10-15(11-9-14)23-18(16-6-3-4-7-17(16)24-2)21-22(19(23)25)13-5-12-20/h3-4,6-11H,5,13H2,1-2H3. The Labute approximate surface area is 151 Å². The molecule has 0 saturated carbocycles. The number of hydrogen-bond donors (Lipinski definition) is 0. The Balaban J connectivity index is 2.24. The van der Waals surface area contributed by atoms with E-state index in [0.717, 1.165) is 17.0 Å². The maximum Gasteiger partial charge on any atom is 0.202 e. The van der Waals surface area contributed by atoms with Crippen LogP contribution in [0.1, 0.15) is 12.0 Å². The van der Waals surface area contributed by atoms with E-state index in [1.165, 1.54) is 5.56 Å². The van der Waals surface area contributed by atoms with Crippen LogP contribution < -0.4 is 4.74 Å². The third-order valence-electron chi connectivity index (χ3n) is 3.91. The fourth-order valence-electron chi connectivity index (χ4n) is 2.64. The maximum atomic E-state index is 8.89. The molecule has 1 aromatic heterocycles. The number of methoxy groups -OCH3 is 1. The van der Waals surface area contributed by atoms with Gasteiger partial charge < -0.3 is 4.74 Å². The summed E-state index contributed by atoms with van der Waals surface area (Å²) in [6, 6.07) is 17.9. The number of benzene rings is 2. The monoisotopic (exact) mass is 350 g/mol. The molecule has 3 rings (SSSR count). The Morgan fingerprint density at radius 1 is 1.16 bits per heavy atom. The van der Waals surface area contributed by atoms with Crippen LogP contribution in [0.3, 0.4) is 0 Å². The summed E-state index contributed by atoms with van der Waals surface area (Å²) < 4.78 is 9.66. The van der Waals surface area contributed by atoms with Gasteiger partial charge in [-0.1, -0.05) is 29.8 Å². The van der Waals surface area contributed by atoms with Gasteiger partial charge in [-0.2, -0.15) is 10.4 Å². The minimum atomic E-state index is 0.352. The quantitative estimate of drug-likeness (QED) is 0.644. The number of hydrogen-bond acceptors (Lipinski definition) is 4. The van der Waals surface area contributed by atoms with Gasteiger partial charge in [0.05, 0.1) is 31.7 Å². The Morgan fingerprint density at radius 2 is 1.88 bits per heavy atom. The van der Waals surface area contributed by atoms with Crippen LogP contribution in [-0.4, -0.2) is 21.5 Å². The van der Waals surface area contributed by atoms with Gasteiger partial charge in [-0.25, -0.2) is 4.68 Å². The molecule has 6 heteroatoms. The first kappa shape index (κ1) is 16.9. The first-order chi connectivity index (χ1) is 12.2. The van der Waals surface area contributed by atoms with Crippen LogP contribution in [0.25, 0.3) is 17.1 Å². The van der Waals surface area contributed by atoms with Crippen molar-refractivity contribution in [1.82, 2.24) is 14.3 Å². The van der Waals surface area contributed by atoms with Crippen molar-refractivity contribution in [2.75, 3.05) is 7.11 Å². The van der Waals surface area contributed by atoms with E-state index in [2.05, 4.69) is 11.2 Å². The molecule has 0 aliphatic carbocycles.